The summed E-state index contributed by atoms with van der Waals surface area (Å²) in [6.07, 6.45) is 4.44. The number of anilines is 1. The van der Waals surface area contributed by atoms with E-state index in [1.54, 1.807) is 7.05 Å². The predicted molar refractivity (Wildman–Crippen MR) is 131 cm³/mol. The number of hydrogen-bond acceptors (Lipinski definition) is 4. The molecule has 0 aliphatic carbocycles. The molecule has 0 bridgehead atoms. The molecule has 1 aromatic carbocycles. The number of piperidine rings is 1. The number of aliphatic imine (C=N–C) groups is 1. The number of hydrogen-bond donors (Lipinski definition) is 2. The van der Waals surface area contributed by atoms with Crippen molar-refractivity contribution in [3.8, 4) is 0 Å². The van der Waals surface area contributed by atoms with Crippen LogP contribution in [-0.4, -0.2) is 62.3 Å². The zero-order chi connectivity index (χ0) is 23.1. The van der Waals surface area contributed by atoms with Crippen LogP contribution in [0.5, 0.6) is 0 Å². The van der Waals surface area contributed by atoms with Crippen molar-refractivity contribution in [3.63, 3.8) is 0 Å². The van der Waals surface area contributed by atoms with Gasteiger partial charge >= 0.3 is 6.09 Å². The van der Waals surface area contributed by atoms with Crippen molar-refractivity contribution in [2.24, 2.45) is 10.9 Å². The minimum atomic E-state index is -0.462. The van der Waals surface area contributed by atoms with Gasteiger partial charge in [0.2, 0.25) is 0 Å². The molecular weight excluding hydrogens is 402 g/mol. The van der Waals surface area contributed by atoms with Gasteiger partial charge < -0.3 is 25.2 Å². The van der Waals surface area contributed by atoms with Gasteiger partial charge in [0.05, 0.1) is 6.04 Å². The lowest BCUT2D eigenvalue weighted by atomic mass is 9.98. The summed E-state index contributed by atoms with van der Waals surface area (Å²) in [5.41, 5.74) is 2.10. The molecule has 0 spiro atoms. The topological polar surface area (TPSA) is 69.2 Å². The number of likely N-dealkylation sites (tertiary alicyclic amines) is 1. The molecule has 2 aliphatic rings. The Morgan fingerprint density at radius 2 is 1.97 bits per heavy atom. The molecule has 7 nitrogen and oxygen atoms in total. The summed E-state index contributed by atoms with van der Waals surface area (Å²) in [6.45, 7) is 12.4. The van der Waals surface area contributed by atoms with Crippen LogP contribution in [0.1, 0.15) is 65.0 Å². The van der Waals surface area contributed by atoms with Gasteiger partial charge in [-0.3, -0.25) is 4.99 Å². The standard InChI is InChI=1S/C25H41N5O2/c1-19(21-11-8-12-22(16-21)29-13-6-7-14-29)28-23(26-5)27-17-20-10-9-15-30(18-20)24(31)32-25(2,3)4/h8,11-12,16,19-20H,6-7,9-10,13-15,17-18H2,1-5H3,(H2,26,27,28). The first-order valence-electron chi connectivity index (χ1n) is 12.0. The average Bonchev–Trinajstić information content (AvgIpc) is 3.30. The third-order valence-corrected chi connectivity index (χ3v) is 6.15. The van der Waals surface area contributed by atoms with Gasteiger partial charge in [-0.15, -0.1) is 0 Å². The average molecular weight is 444 g/mol. The summed E-state index contributed by atoms with van der Waals surface area (Å²) < 4.78 is 5.55. The number of rotatable bonds is 5. The number of nitrogens with one attached hydrogen (secondary N) is 2. The molecule has 2 heterocycles. The number of carbonyl (C=O) groups is 1. The molecule has 32 heavy (non-hydrogen) atoms. The third kappa shape index (κ3) is 7.04. The second-order valence-electron chi connectivity index (χ2n) is 10.0. The fourth-order valence-electron chi connectivity index (χ4n) is 4.41. The zero-order valence-corrected chi connectivity index (χ0v) is 20.5. The Morgan fingerprint density at radius 1 is 1.22 bits per heavy atom. The van der Waals surface area contributed by atoms with Crippen molar-refractivity contribution in [3.05, 3.63) is 29.8 Å². The van der Waals surface area contributed by atoms with E-state index in [1.807, 2.05) is 25.7 Å². The van der Waals surface area contributed by atoms with Crippen LogP contribution in [0.25, 0.3) is 0 Å². The number of guanidine groups is 1. The fourth-order valence-corrected chi connectivity index (χ4v) is 4.41. The molecule has 1 amide bonds. The van der Waals surface area contributed by atoms with Crippen molar-refractivity contribution < 1.29 is 9.53 Å². The smallest absolute Gasteiger partial charge is 0.410 e. The number of nitrogens with zero attached hydrogens (tertiary/aromatic N) is 3. The highest BCUT2D eigenvalue weighted by Gasteiger charge is 2.27. The van der Waals surface area contributed by atoms with E-state index in [1.165, 1.54) is 24.1 Å². The summed E-state index contributed by atoms with van der Waals surface area (Å²) >= 11 is 0. The van der Waals surface area contributed by atoms with Gasteiger partial charge in [0.25, 0.3) is 0 Å². The minimum Gasteiger partial charge on any atom is -0.444 e. The maximum atomic E-state index is 12.4. The summed E-state index contributed by atoms with van der Waals surface area (Å²) in [7, 11) is 1.80. The highest BCUT2D eigenvalue weighted by Crippen LogP contribution is 2.24. The Balaban J connectivity index is 1.50. The molecule has 1 aromatic rings. The van der Waals surface area contributed by atoms with E-state index in [9.17, 15) is 4.79 Å². The van der Waals surface area contributed by atoms with Crippen LogP contribution in [0.4, 0.5) is 10.5 Å². The normalized spacial score (nSPS) is 20.8. The van der Waals surface area contributed by atoms with Crippen molar-refractivity contribution in [2.45, 2.75) is 65.0 Å². The number of carbonyl (C=O) groups excluding carboxylic acids is 1. The zero-order valence-electron chi connectivity index (χ0n) is 20.5. The fraction of sp³-hybridized carbons (Fsp3) is 0.680. The molecule has 3 rings (SSSR count). The molecule has 2 N–H and O–H groups in total. The summed E-state index contributed by atoms with van der Waals surface area (Å²) in [6, 6.07) is 8.95. The quantitative estimate of drug-likeness (QED) is 0.528. The van der Waals surface area contributed by atoms with E-state index in [0.717, 1.165) is 45.0 Å². The second kappa shape index (κ2) is 10.9. The first-order chi connectivity index (χ1) is 15.2. The molecule has 178 valence electrons. The Kier molecular flexibility index (Phi) is 8.26. The molecule has 7 heteroatoms. The second-order valence-corrected chi connectivity index (χ2v) is 10.0. The highest BCUT2D eigenvalue weighted by atomic mass is 16.6. The van der Waals surface area contributed by atoms with Crippen LogP contribution in [0, 0.1) is 5.92 Å². The number of amides is 1. The van der Waals surface area contributed by atoms with Gasteiger partial charge in [-0.1, -0.05) is 12.1 Å². The highest BCUT2D eigenvalue weighted by molar-refractivity contribution is 5.80. The van der Waals surface area contributed by atoms with E-state index >= 15 is 0 Å². The Morgan fingerprint density at radius 3 is 2.66 bits per heavy atom. The van der Waals surface area contributed by atoms with Crippen LogP contribution < -0.4 is 15.5 Å². The molecular formula is C25H41N5O2. The first kappa shape index (κ1) is 24.2. The molecule has 2 aliphatic heterocycles. The maximum absolute atomic E-state index is 12.4. The van der Waals surface area contributed by atoms with Crippen molar-refractivity contribution in [2.75, 3.05) is 44.7 Å². The summed E-state index contributed by atoms with van der Waals surface area (Å²) in [5, 5.41) is 6.99. The summed E-state index contributed by atoms with van der Waals surface area (Å²) in [5.74, 6) is 1.17. The summed E-state index contributed by atoms with van der Waals surface area (Å²) in [4.78, 5) is 21.1. The van der Waals surface area contributed by atoms with Crippen LogP contribution in [0.3, 0.4) is 0 Å². The Bertz CT molecular complexity index is 783. The Labute approximate surface area is 193 Å². The van der Waals surface area contributed by atoms with E-state index in [0.29, 0.717) is 12.5 Å². The van der Waals surface area contributed by atoms with Gasteiger partial charge in [-0.05, 0) is 77.0 Å². The monoisotopic (exact) mass is 443 g/mol. The first-order valence-corrected chi connectivity index (χ1v) is 12.0. The van der Waals surface area contributed by atoms with E-state index in [2.05, 4.69) is 51.7 Å². The number of benzene rings is 1. The molecule has 2 fully saturated rings. The van der Waals surface area contributed by atoms with Gasteiger partial charge in [0.15, 0.2) is 5.96 Å². The van der Waals surface area contributed by atoms with Crippen molar-refractivity contribution in [1.82, 2.24) is 15.5 Å². The predicted octanol–water partition coefficient (Wildman–Crippen LogP) is 4.16. The lowest BCUT2D eigenvalue weighted by Gasteiger charge is -2.34. The van der Waals surface area contributed by atoms with Crippen molar-refractivity contribution >= 4 is 17.7 Å². The maximum Gasteiger partial charge on any atom is 0.410 e. The molecule has 0 saturated carbocycles. The molecule has 0 aromatic heterocycles. The molecule has 0 radical (unpaired) electrons. The van der Waals surface area contributed by atoms with Crippen molar-refractivity contribution in [1.29, 1.82) is 0 Å². The molecule has 2 atom stereocenters. The van der Waals surface area contributed by atoms with Crippen LogP contribution in [-0.2, 0) is 4.74 Å². The molecule has 2 saturated heterocycles. The lowest BCUT2D eigenvalue weighted by Crippen LogP contribution is -2.47. The van der Waals surface area contributed by atoms with Gasteiger partial charge in [-0.2, -0.15) is 0 Å². The molecule has 2 unspecified atom stereocenters. The van der Waals surface area contributed by atoms with Crippen LogP contribution >= 0.6 is 0 Å². The van der Waals surface area contributed by atoms with E-state index in [4.69, 9.17) is 4.74 Å². The lowest BCUT2D eigenvalue weighted by molar-refractivity contribution is 0.0168. The van der Waals surface area contributed by atoms with Crippen LogP contribution in [0.15, 0.2) is 29.3 Å². The van der Waals surface area contributed by atoms with Gasteiger partial charge in [-0.25, -0.2) is 4.79 Å². The number of ether oxygens (including phenoxy) is 1. The van der Waals surface area contributed by atoms with E-state index < -0.39 is 5.60 Å². The van der Waals surface area contributed by atoms with Gasteiger partial charge in [0, 0.05) is 45.5 Å². The minimum absolute atomic E-state index is 0.147. The van der Waals surface area contributed by atoms with E-state index in [-0.39, 0.29) is 12.1 Å². The largest absolute Gasteiger partial charge is 0.444 e. The third-order valence-electron chi connectivity index (χ3n) is 6.15. The van der Waals surface area contributed by atoms with Gasteiger partial charge in [0.1, 0.15) is 5.60 Å². The SMILES string of the molecule is CN=C(NCC1CCCN(C(=O)OC(C)(C)C)C1)NC(C)c1cccc(N2CCCC2)c1. The van der Waals surface area contributed by atoms with Crippen LogP contribution in [0.2, 0.25) is 0 Å². The Hall–Kier alpha value is -2.44.